The molecule has 0 saturated heterocycles. The molecule has 0 bridgehead atoms. The zero-order valence-electron chi connectivity index (χ0n) is 6.36. The van der Waals surface area contributed by atoms with Crippen molar-refractivity contribution in [1.29, 1.82) is 0 Å². The van der Waals surface area contributed by atoms with E-state index in [1.54, 1.807) is 0 Å². The summed E-state index contributed by atoms with van der Waals surface area (Å²) in [5.41, 5.74) is 1.04. The fourth-order valence-electron chi connectivity index (χ4n) is 1.11. The monoisotopic (exact) mass is 145 g/mol. The molecular formula is C9H9N2+. The van der Waals surface area contributed by atoms with Crippen LogP contribution in [0.5, 0.6) is 0 Å². The van der Waals surface area contributed by atoms with Gasteiger partial charge in [-0.15, -0.1) is 0 Å². The summed E-state index contributed by atoms with van der Waals surface area (Å²) in [6.45, 7) is 0. The van der Waals surface area contributed by atoms with Crippen molar-refractivity contribution >= 4 is 10.9 Å². The summed E-state index contributed by atoms with van der Waals surface area (Å²) >= 11 is 0. The molecule has 2 nitrogen and oxygen atoms in total. The first kappa shape index (κ1) is 6.28. The number of fused-ring (bicyclic) bond motifs is 1. The quantitative estimate of drug-likeness (QED) is 0.506. The van der Waals surface area contributed by atoms with Gasteiger partial charge in [0.25, 0.3) is 0 Å². The third-order valence-electron chi connectivity index (χ3n) is 1.67. The van der Waals surface area contributed by atoms with E-state index < -0.39 is 0 Å². The van der Waals surface area contributed by atoms with Gasteiger partial charge in [-0.2, -0.15) is 0 Å². The average Bonchev–Trinajstić information content (AvgIpc) is 2.04. The Kier molecular flexibility index (Phi) is 1.32. The molecule has 0 amide bonds. The van der Waals surface area contributed by atoms with Crippen LogP contribution in [0.25, 0.3) is 10.9 Å². The van der Waals surface area contributed by atoms with Gasteiger partial charge in [0.05, 0.1) is 0 Å². The molecular weight excluding hydrogens is 136 g/mol. The molecule has 1 aromatic carbocycles. The zero-order chi connectivity index (χ0) is 7.68. The van der Waals surface area contributed by atoms with Crippen molar-refractivity contribution < 1.29 is 4.68 Å². The maximum atomic E-state index is 4.29. The number of benzene rings is 1. The Morgan fingerprint density at radius 1 is 1.18 bits per heavy atom. The molecule has 2 aromatic rings. The van der Waals surface area contributed by atoms with Crippen molar-refractivity contribution in [2.45, 2.75) is 0 Å². The number of nitrogens with zero attached hydrogens (tertiary/aromatic N) is 2. The molecule has 2 rings (SSSR count). The Labute approximate surface area is 65.1 Å². The van der Waals surface area contributed by atoms with Crippen LogP contribution in [-0.2, 0) is 7.05 Å². The molecule has 0 atom stereocenters. The third kappa shape index (κ3) is 1.07. The van der Waals surface area contributed by atoms with E-state index in [1.807, 2.05) is 36.1 Å². The van der Waals surface area contributed by atoms with Gasteiger partial charge in [-0.1, -0.05) is 22.9 Å². The van der Waals surface area contributed by atoms with Crippen LogP contribution >= 0.6 is 0 Å². The first-order valence-corrected chi connectivity index (χ1v) is 3.58. The lowest BCUT2D eigenvalue weighted by atomic mass is 10.2. The Balaban J connectivity index is 2.83. The summed E-state index contributed by atoms with van der Waals surface area (Å²) in [7, 11) is 1.92. The molecule has 0 aliphatic heterocycles. The summed E-state index contributed by atoms with van der Waals surface area (Å²) < 4.78 is 1.81. The minimum Gasteiger partial charge on any atom is -0.0934 e. The normalized spacial score (nSPS) is 10.3. The van der Waals surface area contributed by atoms with Gasteiger partial charge >= 0.3 is 0 Å². The molecule has 0 fully saturated rings. The second-order valence-corrected chi connectivity index (χ2v) is 2.55. The standard InChI is InChI=1S/C9H9N2/c1-11-7-6-8-4-2-3-5-9(8)10-11/h2-7H,1H3/q+1. The van der Waals surface area contributed by atoms with Crippen molar-refractivity contribution in [3.05, 3.63) is 36.5 Å². The van der Waals surface area contributed by atoms with Crippen LogP contribution in [0, 0.1) is 0 Å². The summed E-state index contributed by atoms with van der Waals surface area (Å²) in [6.07, 6.45) is 1.95. The summed E-state index contributed by atoms with van der Waals surface area (Å²) in [6, 6.07) is 10.1. The van der Waals surface area contributed by atoms with Crippen molar-refractivity contribution in [2.75, 3.05) is 0 Å². The highest BCUT2D eigenvalue weighted by Crippen LogP contribution is 2.06. The van der Waals surface area contributed by atoms with Crippen LogP contribution in [0.3, 0.4) is 0 Å². The first-order valence-electron chi connectivity index (χ1n) is 3.58. The SMILES string of the molecule is C[n+]1ccc2ccccc2n1. The molecule has 0 aliphatic carbocycles. The van der Waals surface area contributed by atoms with E-state index in [9.17, 15) is 0 Å². The number of hydrogen-bond donors (Lipinski definition) is 0. The van der Waals surface area contributed by atoms with E-state index in [2.05, 4.69) is 17.2 Å². The number of hydrogen-bond acceptors (Lipinski definition) is 1. The lowest BCUT2D eigenvalue weighted by molar-refractivity contribution is -0.728. The van der Waals surface area contributed by atoms with Gasteiger partial charge in [0.1, 0.15) is 5.52 Å². The highest BCUT2D eigenvalue weighted by molar-refractivity contribution is 5.76. The maximum absolute atomic E-state index is 4.29. The van der Waals surface area contributed by atoms with E-state index in [0.29, 0.717) is 0 Å². The average molecular weight is 145 g/mol. The summed E-state index contributed by atoms with van der Waals surface area (Å²) in [4.78, 5) is 0. The molecule has 0 aliphatic rings. The molecule has 1 aromatic heterocycles. The molecule has 0 saturated carbocycles. The van der Waals surface area contributed by atoms with E-state index >= 15 is 0 Å². The predicted octanol–water partition coefficient (Wildman–Crippen LogP) is 1.06. The van der Waals surface area contributed by atoms with E-state index in [4.69, 9.17) is 0 Å². The Morgan fingerprint density at radius 2 is 2.00 bits per heavy atom. The topological polar surface area (TPSA) is 16.8 Å². The van der Waals surface area contributed by atoms with Crippen LogP contribution < -0.4 is 4.68 Å². The second kappa shape index (κ2) is 2.31. The Morgan fingerprint density at radius 3 is 2.91 bits per heavy atom. The van der Waals surface area contributed by atoms with Crippen LogP contribution in [0.2, 0.25) is 0 Å². The fraction of sp³-hybridized carbons (Fsp3) is 0.111. The molecule has 0 radical (unpaired) electrons. The molecule has 11 heavy (non-hydrogen) atoms. The van der Waals surface area contributed by atoms with Crippen LogP contribution in [-0.4, -0.2) is 5.10 Å². The van der Waals surface area contributed by atoms with Gasteiger partial charge in [0.2, 0.25) is 0 Å². The highest BCUT2D eigenvalue weighted by atomic mass is 15.2. The van der Waals surface area contributed by atoms with E-state index in [1.165, 1.54) is 5.39 Å². The largest absolute Gasteiger partial charge is 0.196 e. The van der Waals surface area contributed by atoms with E-state index in [0.717, 1.165) is 5.52 Å². The number of rotatable bonds is 0. The zero-order valence-corrected chi connectivity index (χ0v) is 6.36. The lowest BCUT2D eigenvalue weighted by Gasteiger charge is -1.90. The van der Waals surface area contributed by atoms with Crippen LogP contribution in [0.15, 0.2) is 36.5 Å². The van der Waals surface area contributed by atoms with Gasteiger partial charge in [0.15, 0.2) is 13.2 Å². The number of aromatic nitrogens is 2. The summed E-state index contributed by atoms with van der Waals surface area (Å²) in [5, 5.41) is 5.48. The van der Waals surface area contributed by atoms with Crippen molar-refractivity contribution in [2.24, 2.45) is 7.05 Å². The lowest BCUT2D eigenvalue weighted by Crippen LogP contribution is -2.31. The molecule has 54 valence electrons. The van der Waals surface area contributed by atoms with Crippen molar-refractivity contribution in [3.8, 4) is 0 Å². The molecule has 0 unspecified atom stereocenters. The molecule has 1 heterocycles. The second-order valence-electron chi connectivity index (χ2n) is 2.55. The van der Waals surface area contributed by atoms with E-state index in [-0.39, 0.29) is 0 Å². The number of aryl methyl sites for hydroxylation is 1. The molecule has 2 heteroatoms. The minimum atomic E-state index is 1.04. The van der Waals surface area contributed by atoms with Gasteiger partial charge in [-0.05, 0) is 11.2 Å². The van der Waals surface area contributed by atoms with Gasteiger partial charge in [-0.25, -0.2) is 0 Å². The van der Waals surface area contributed by atoms with Crippen molar-refractivity contribution in [3.63, 3.8) is 0 Å². The Bertz CT molecular complexity index is 382. The Hall–Kier alpha value is -1.44. The minimum absolute atomic E-state index is 1.04. The van der Waals surface area contributed by atoms with Crippen LogP contribution in [0.4, 0.5) is 0 Å². The fourth-order valence-corrected chi connectivity index (χ4v) is 1.11. The predicted molar refractivity (Wildman–Crippen MR) is 42.9 cm³/mol. The highest BCUT2D eigenvalue weighted by Gasteiger charge is 1.96. The van der Waals surface area contributed by atoms with Crippen molar-refractivity contribution in [1.82, 2.24) is 5.10 Å². The van der Waals surface area contributed by atoms with Gasteiger partial charge < -0.3 is 0 Å². The third-order valence-corrected chi connectivity index (χ3v) is 1.67. The van der Waals surface area contributed by atoms with Gasteiger partial charge in [-0.3, -0.25) is 0 Å². The van der Waals surface area contributed by atoms with Crippen LogP contribution in [0.1, 0.15) is 0 Å². The smallest absolute Gasteiger partial charge is 0.0934 e. The first-order chi connectivity index (χ1) is 5.36. The molecule has 0 spiro atoms. The molecule has 0 N–H and O–H groups in total. The van der Waals surface area contributed by atoms with Gasteiger partial charge in [0, 0.05) is 11.5 Å². The maximum Gasteiger partial charge on any atom is 0.196 e. The summed E-state index contributed by atoms with van der Waals surface area (Å²) in [5.74, 6) is 0.